The molecule has 1 aromatic rings. The molecular weight excluding hydrogens is 378 g/mol. The summed E-state index contributed by atoms with van der Waals surface area (Å²) < 4.78 is 40.3. The third kappa shape index (κ3) is 4.54. The first-order chi connectivity index (χ1) is 12.8. The van der Waals surface area contributed by atoms with Crippen LogP contribution in [0.5, 0.6) is 5.75 Å². The molecule has 1 aromatic carbocycles. The molecule has 1 N–H and O–H groups in total. The first-order valence-corrected chi connectivity index (χ1v) is 8.64. The summed E-state index contributed by atoms with van der Waals surface area (Å²) in [5, 5.41) is 3.40. The molecule has 27 heavy (non-hydrogen) atoms. The number of rotatable bonds is 7. The third-order valence-corrected chi connectivity index (χ3v) is 4.54. The van der Waals surface area contributed by atoms with Crippen LogP contribution in [-0.4, -0.2) is 49.5 Å². The Morgan fingerprint density at radius 2 is 2.00 bits per heavy atom. The molecule has 9 heteroatoms. The number of alkyl halides is 2. The van der Waals surface area contributed by atoms with Crippen LogP contribution in [0.2, 0.25) is 0 Å². The number of esters is 1. The Labute approximate surface area is 162 Å². The molecule has 2 rings (SSSR count). The van der Waals surface area contributed by atoms with Crippen LogP contribution in [-0.2, 0) is 14.3 Å². The quantitative estimate of drug-likeness (QED) is 0.558. The van der Waals surface area contributed by atoms with Crippen molar-refractivity contribution in [2.24, 2.45) is 0 Å². The molecule has 0 aliphatic carbocycles. The molecule has 1 aliphatic heterocycles. The van der Waals surface area contributed by atoms with Gasteiger partial charge in [0.1, 0.15) is 5.75 Å². The summed E-state index contributed by atoms with van der Waals surface area (Å²) in [4.78, 5) is 14.3. The summed E-state index contributed by atoms with van der Waals surface area (Å²) in [6.45, 7) is 1.01. The highest BCUT2D eigenvalue weighted by atomic mass is 32.1. The smallest absolute Gasteiger partial charge is 0.387 e. The van der Waals surface area contributed by atoms with Gasteiger partial charge >= 0.3 is 12.6 Å². The van der Waals surface area contributed by atoms with Gasteiger partial charge in [0.25, 0.3) is 0 Å². The number of thiocarbonyl (C=S) groups is 1. The van der Waals surface area contributed by atoms with Gasteiger partial charge in [-0.3, -0.25) is 0 Å². The number of para-hydroxylation sites is 1. The number of benzene rings is 1. The van der Waals surface area contributed by atoms with E-state index in [4.69, 9.17) is 21.7 Å². The number of halogens is 2. The summed E-state index contributed by atoms with van der Waals surface area (Å²) >= 11 is 5.46. The second kappa shape index (κ2) is 9.09. The van der Waals surface area contributed by atoms with Crippen LogP contribution in [0.3, 0.4) is 0 Å². The van der Waals surface area contributed by atoms with E-state index in [1.807, 2.05) is 6.92 Å². The lowest BCUT2D eigenvalue weighted by atomic mass is 9.94. The fourth-order valence-electron chi connectivity index (χ4n) is 3.13. The van der Waals surface area contributed by atoms with Gasteiger partial charge in [0.2, 0.25) is 0 Å². The van der Waals surface area contributed by atoms with Crippen LogP contribution in [0.25, 0.3) is 0 Å². The zero-order valence-corrected chi connectivity index (χ0v) is 16.3. The van der Waals surface area contributed by atoms with E-state index in [1.165, 1.54) is 13.2 Å². The normalized spacial score (nSPS) is 18.4. The molecule has 0 fully saturated rings. The number of hydrogen-bond acceptors (Lipinski definition) is 5. The topological polar surface area (TPSA) is 60.0 Å². The Balaban J connectivity index is 2.57. The molecule has 0 spiro atoms. The molecule has 0 bridgehead atoms. The SMILES string of the molecule is COC[C@@H](C)N1C(=S)N[C@H](c2ccccc2OC(F)F)C(C(=O)OC)=C1C. The van der Waals surface area contributed by atoms with Crippen molar-refractivity contribution in [1.29, 1.82) is 0 Å². The van der Waals surface area contributed by atoms with Crippen LogP contribution < -0.4 is 10.1 Å². The van der Waals surface area contributed by atoms with E-state index >= 15 is 0 Å². The van der Waals surface area contributed by atoms with Crippen molar-refractivity contribution in [2.45, 2.75) is 32.5 Å². The Bertz CT molecular complexity index is 742. The molecule has 1 heterocycles. The van der Waals surface area contributed by atoms with Gasteiger partial charge in [-0.2, -0.15) is 8.78 Å². The van der Waals surface area contributed by atoms with Gasteiger partial charge < -0.3 is 24.4 Å². The zero-order chi connectivity index (χ0) is 20.1. The Morgan fingerprint density at radius 1 is 1.33 bits per heavy atom. The number of carbonyl (C=O) groups excluding carboxylic acids is 1. The highest BCUT2D eigenvalue weighted by molar-refractivity contribution is 7.80. The molecule has 0 radical (unpaired) electrons. The van der Waals surface area contributed by atoms with Gasteiger partial charge in [-0.15, -0.1) is 0 Å². The minimum absolute atomic E-state index is 0.0413. The van der Waals surface area contributed by atoms with Gasteiger partial charge in [0.15, 0.2) is 5.11 Å². The number of carbonyl (C=O) groups is 1. The lowest BCUT2D eigenvalue weighted by Crippen LogP contribution is -2.52. The van der Waals surface area contributed by atoms with E-state index in [0.29, 0.717) is 23.0 Å². The molecular formula is C18H22F2N2O4S. The van der Waals surface area contributed by atoms with Gasteiger partial charge in [0, 0.05) is 18.4 Å². The Hall–Kier alpha value is -2.26. The molecule has 6 nitrogen and oxygen atoms in total. The van der Waals surface area contributed by atoms with Crippen molar-refractivity contribution in [2.75, 3.05) is 20.8 Å². The second-order valence-corrected chi connectivity index (χ2v) is 6.35. The van der Waals surface area contributed by atoms with E-state index in [9.17, 15) is 13.6 Å². The minimum Gasteiger partial charge on any atom is -0.466 e. The number of allylic oxidation sites excluding steroid dienone is 1. The number of methoxy groups -OCH3 is 2. The van der Waals surface area contributed by atoms with E-state index in [0.717, 1.165) is 0 Å². The van der Waals surface area contributed by atoms with Crippen molar-refractivity contribution in [3.05, 3.63) is 41.1 Å². The number of hydrogen-bond donors (Lipinski definition) is 1. The van der Waals surface area contributed by atoms with Crippen LogP contribution in [0, 0.1) is 0 Å². The maximum Gasteiger partial charge on any atom is 0.387 e. The molecule has 0 unspecified atom stereocenters. The van der Waals surface area contributed by atoms with Crippen molar-refractivity contribution in [3.8, 4) is 5.75 Å². The monoisotopic (exact) mass is 400 g/mol. The average molecular weight is 400 g/mol. The first-order valence-electron chi connectivity index (χ1n) is 8.23. The maximum absolute atomic E-state index is 12.8. The number of ether oxygens (including phenoxy) is 3. The van der Waals surface area contributed by atoms with Crippen molar-refractivity contribution in [1.82, 2.24) is 10.2 Å². The largest absolute Gasteiger partial charge is 0.466 e. The van der Waals surface area contributed by atoms with Crippen LogP contribution in [0.1, 0.15) is 25.5 Å². The summed E-state index contributed by atoms with van der Waals surface area (Å²) in [7, 11) is 2.83. The second-order valence-electron chi connectivity index (χ2n) is 5.96. The minimum atomic E-state index is -2.99. The highest BCUT2D eigenvalue weighted by Gasteiger charge is 2.37. The molecule has 0 saturated heterocycles. The molecule has 2 atom stereocenters. The fraction of sp³-hybridized carbons (Fsp3) is 0.444. The first kappa shape index (κ1) is 21.0. The lowest BCUT2D eigenvalue weighted by Gasteiger charge is -2.40. The summed E-state index contributed by atoms with van der Waals surface area (Å²) in [6.07, 6.45) is 0. The molecule has 0 amide bonds. The summed E-state index contributed by atoms with van der Waals surface area (Å²) in [5.74, 6) is -0.630. The van der Waals surface area contributed by atoms with E-state index < -0.39 is 18.6 Å². The lowest BCUT2D eigenvalue weighted by molar-refractivity contribution is -0.136. The molecule has 0 saturated carbocycles. The Morgan fingerprint density at radius 3 is 2.59 bits per heavy atom. The van der Waals surface area contributed by atoms with E-state index in [2.05, 4.69) is 10.1 Å². The predicted octanol–water partition coefficient (Wildman–Crippen LogP) is 3.00. The third-order valence-electron chi connectivity index (χ3n) is 4.23. The summed E-state index contributed by atoms with van der Waals surface area (Å²) in [5.41, 5.74) is 1.19. The van der Waals surface area contributed by atoms with Crippen molar-refractivity contribution in [3.63, 3.8) is 0 Å². The fourth-order valence-corrected chi connectivity index (χ4v) is 3.57. The van der Waals surface area contributed by atoms with Crippen molar-refractivity contribution < 1.29 is 27.8 Å². The maximum atomic E-state index is 12.8. The van der Waals surface area contributed by atoms with Gasteiger partial charge in [-0.1, -0.05) is 18.2 Å². The van der Waals surface area contributed by atoms with E-state index in [1.54, 1.807) is 37.1 Å². The van der Waals surface area contributed by atoms with Gasteiger partial charge in [0.05, 0.1) is 31.4 Å². The summed E-state index contributed by atoms with van der Waals surface area (Å²) in [6, 6.07) is 5.32. The number of nitrogens with one attached hydrogen (secondary N) is 1. The van der Waals surface area contributed by atoms with Crippen LogP contribution in [0.4, 0.5) is 8.78 Å². The van der Waals surface area contributed by atoms with Crippen LogP contribution in [0.15, 0.2) is 35.5 Å². The number of nitrogens with zero attached hydrogens (tertiary/aromatic N) is 1. The standard InChI is InChI=1S/C18H22F2N2O4S/c1-10(9-24-3)22-11(2)14(16(23)25-4)15(21-18(22)27)12-7-5-6-8-13(12)26-17(19)20/h5-8,10,15,17H,9H2,1-4H3,(H,21,27)/t10-,15-/m1/s1. The average Bonchev–Trinajstić information content (AvgIpc) is 2.61. The Kier molecular flexibility index (Phi) is 7.09. The van der Waals surface area contributed by atoms with Crippen LogP contribution >= 0.6 is 12.2 Å². The van der Waals surface area contributed by atoms with E-state index in [-0.39, 0.29) is 17.4 Å². The highest BCUT2D eigenvalue weighted by Crippen LogP contribution is 2.37. The van der Waals surface area contributed by atoms with Gasteiger partial charge in [-0.25, -0.2) is 4.79 Å². The van der Waals surface area contributed by atoms with Gasteiger partial charge in [-0.05, 0) is 32.1 Å². The molecule has 148 valence electrons. The van der Waals surface area contributed by atoms with Crippen molar-refractivity contribution >= 4 is 23.3 Å². The predicted molar refractivity (Wildman–Crippen MR) is 99.4 cm³/mol. The molecule has 1 aliphatic rings. The zero-order valence-electron chi connectivity index (χ0n) is 15.5. The molecule has 0 aromatic heterocycles.